The van der Waals surface area contributed by atoms with Crippen molar-refractivity contribution in [2.75, 3.05) is 0 Å². The summed E-state index contributed by atoms with van der Waals surface area (Å²) < 4.78 is 0. The van der Waals surface area contributed by atoms with E-state index in [1.165, 1.54) is 27.9 Å². The molecule has 8 bridgehead atoms. The number of aliphatic imine (C=N–C) groups is 3. The molecule has 0 aromatic rings. The number of nitrogens with zero attached hydrogens (tertiary/aromatic N) is 3. The lowest BCUT2D eigenvalue weighted by atomic mass is 9.82. The molecule has 0 radical (unpaired) electrons. The van der Waals surface area contributed by atoms with Gasteiger partial charge in [-0.2, -0.15) is 0 Å². The van der Waals surface area contributed by atoms with E-state index in [0.717, 1.165) is 71.2 Å². The van der Waals surface area contributed by atoms with Gasteiger partial charge in [-0.15, -0.1) is 0 Å². The van der Waals surface area contributed by atoms with Crippen LogP contribution in [0.3, 0.4) is 0 Å². The Hall–Kier alpha value is -3.47. The molecule has 1 atom stereocenters. The van der Waals surface area contributed by atoms with E-state index in [4.69, 9.17) is 15.0 Å². The molecule has 0 aromatic carbocycles. The molecule has 0 saturated carbocycles. The highest BCUT2D eigenvalue weighted by atomic mass is 16.3. The first-order valence-electron chi connectivity index (χ1n) is 13.6. The molecule has 0 spiro atoms. The van der Waals surface area contributed by atoms with Gasteiger partial charge >= 0.3 is 0 Å². The van der Waals surface area contributed by atoms with E-state index in [1.807, 2.05) is 6.08 Å². The number of aliphatic hydroxyl groups excluding tert-OH is 1. The molecule has 5 nitrogen and oxygen atoms in total. The second-order valence-corrected chi connectivity index (χ2v) is 10.6. The predicted octanol–water partition coefficient (Wildman–Crippen LogP) is 7.87. The second kappa shape index (κ2) is 9.13. The number of nitrogens with one attached hydrogen (secondary N) is 1. The topological polar surface area (TPSA) is 69.3 Å². The Bertz CT molecular complexity index is 1460. The maximum Gasteiger partial charge on any atom is 0.127 e. The maximum absolute atomic E-state index is 11.4. The third kappa shape index (κ3) is 3.78. The van der Waals surface area contributed by atoms with Crippen LogP contribution in [0, 0.1) is 5.41 Å². The smallest absolute Gasteiger partial charge is 0.127 e. The lowest BCUT2D eigenvalue weighted by Crippen LogP contribution is -2.22. The van der Waals surface area contributed by atoms with E-state index in [1.54, 1.807) is 0 Å². The van der Waals surface area contributed by atoms with Crippen molar-refractivity contribution in [2.45, 2.75) is 81.1 Å². The molecule has 37 heavy (non-hydrogen) atoms. The van der Waals surface area contributed by atoms with Crippen molar-refractivity contribution >= 4 is 17.1 Å². The summed E-state index contributed by atoms with van der Waals surface area (Å²) in [6, 6.07) is 0. The van der Waals surface area contributed by atoms with Crippen molar-refractivity contribution in [3.8, 4) is 0 Å². The van der Waals surface area contributed by atoms with E-state index in [2.05, 4.69) is 78.9 Å². The van der Waals surface area contributed by atoms with Gasteiger partial charge in [-0.1, -0.05) is 27.7 Å². The van der Waals surface area contributed by atoms with Gasteiger partial charge in [0.25, 0.3) is 0 Å². The highest BCUT2D eigenvalue weighted by Crippen LogP contribution is 2.44. The fourth-order valence-corrected chi connectivity index (χ4v) is 5.96. The molecule has 5 rings (SSSR count). The number of hydrogen-bond acceptors (Lipinski definition) is 5. The average molecular weight is 495 g/mol. The normalized spacial score (nSPS) is 25.2. The summed E-state index contributed by atoms with van der Waals surface area (Å²) in [5, 5.41) is 15.0. The fraction of sp³-hybridized carbons (Fsp3) is 0.406. The molecule has 192 valence electrons. The predicted molar refractivity (Wildman–Crippen MR) is 155 cm³/mol. The van der Waals surface area contributed by atoms with Crippen molar-refractivity contribution in [1.82, 2.24) is 5.32 Å². The van der Waals surface area contributed by atoms with Gasteiger partial charge in [0.2, 0.25) is 0 Å². The number of fused-ring (bicyclic) bond motifs is 5. The first-order valence-corrected chi connectivity index (χ1v) is 13.6. The summed E-state index contributed by atoms with van der Waals surface area (Å²) in [4.78, 5) is 15.2. The van der Waals surface area contributed by atoms with E-state index >= 15 is 0 Å². The van der Waals surface area contributed by atoms with Gasteiger partial charge in [0.05, 0.1) is 45.3 Å². The van der Waals surface area contributed by atoms with Crippen LogP contribution in [0.2, 0.25) is 0 Å². The van der Waals surface area contributed by atoms with Gasteiger partial charge in [0.1, 0.15) is 5.76 Å². The number of aliphatic hydroxyl groups is 1. The van der Waals surface area contributed by atoms with Gasteiger partial charge in [-0.25, -0.2) is 15.0 Å². The van der Waals surface area contributed by atoms with Crippen LogP contribution in [0.15, 0.2) is 107 Å². The molecule has 0 aliphatic carbocycles. The first-order chi connectivity index (χ1) is 17.7. The number of rotatable bonds is 4. The molecule has 0 saturated heterocycles. The standard InChI is InChI=1S/C32H38N4O/c1-9-20-17(5)23-13-27-21(10-2)18(6)25(34-27)15-29-31(37)32(8,12-4)30(36-29)16-28-22(11-3)19(7)24(35-28)14-26(20)33-23/h13-16,36-37H,9-12H2,1-8H3. The highest BCUT2D eigenvalue weighted by molar-refractivity contribution is 6.18. The van der Waals surface area contributed by atoms with Crippen molar-refractivity contribution in [2.24, 2.45) is 20.4 Å². The van der Waals surface area contributed by atoms with Crippen LogP contribution in [0.5, 0.6) is 0 Å². The fourth-order valence-electron chi connectivity index (χ4n) is 5.96. The van der Waals surface area contributed by atoms with Crippen molar-refractivity contribution in [1.29, 1.82) is 0 Å². The van der Waals surface area contributed by atoms with E-state index < -0.39 is 5.41 Å². The van der Waals surface area contributed by atoms with Gasteiger partial charge < -0.3 is 10.4 Å². The molecule has 2 N–H and O–H groups in total. The molecular weight excluding hydrogens is 456 g/mol. The zero-order chi connectivity index (χ0) is 26.6. The minimum Gasteiger partial charge on any atom is -0.509 e. The van der Waals surface area contributed by atoms with Gasteiger partial charge in [-0.3, -0.25) is 0 Å². The monoisotopic (exact) mass is 494 g/mol. The molecule has 0 aromatic heterocycles. The highest BCUT2D eigenvalue weighted by Gasteiger charge is 2.41. The zero-order valence-corrected chi connectivity index (χ0v) is 23.4. The summed E-state index contributed by atoms with van der Waals surface area (Å²) >= 11 is 0. The minimum absolute atomic E-state index is 0.356. The van der Waals surface area contributed by atoms with Crippen LogP contribution < -0.4 is 5.32 Å². The molecule has 5 heteroatoms. The SMILES string of the molecule is CCC1=C(C)C2=CC3=NC(=CC4=C(O)C(C)(CC)C(=CC5=NC(=CC1=N2)C(C)=C5CC)N4)C(C)=C3CC. The number of allylic oxidation sites excluding steroid dienone is 10. The second-order valence-electron chi connectivity index (χ2n) is 10.6. The molecule has 0 amide bonds. The van der Waals surface area contributed by atoms with Crippen molar-refractivity contribution in [3.05, 3.63) is 92.0 Å². The molecule has 5 aliphatic rings. The maximum atomic E-state index is 11.4. The third-order valence-corrected chi connectivity index (χ3v) is 8.68. The lowest BCUT2D eigenvalue weighted by molar-refractivity contribution is 0.277. The summed E-state index contributed by atoms with van der Waals surface area (Å²) in [5.41, 5.74) is 14.2. The van der Waals surface area contributed by atoms with Crippen molar-refractivity contribution < 1.29 is 5.11 Å². The van der Waals surface area contributed by atoms with Gasteiger partial charge in [0, 0.05) is 5.70 Å². The van der Waals surface area contributed by atoms with Crippen LogP contribution in [0.4, 0.5) is 0 Å². The average Bonchev–Trinajstić information content (AvgIpc) is 3.52. The third-order valence-electron chi connectivity index (χ3n) is 8.68. The van der Waals surface area contributed by atoms with Crippen LogP contribution in [-0.4, -0.2) is 22.2 Å². The largest absolute Gasteiger partial charge is 0.509 e. The molecule has 0 fully saturated rings. The lowest BCUT2D eigenvalue weighted by Gasteiger charge is -2.24. The summed E-state index contributed by atoms with van der Waals surface area (Å²) in [6.45, 7) is 17.2. The summed E-state index contributed by atoms with van der Waals surface area (Å²) in [5.74, 6) is 0.356. The molecule has 5 heterocycles. The summed E-state index contributed by atoms with van der Waals surface area (Å²) in [7, 11) is 0. The van der Waals surface area contributed by atoms with Crippen LogP contribution in [-0.2, 0) is 0 Å². The Kier molecular flexibility index (Phi) is 6.21. The zero-order valence-electron chi connectivity index (χ0n) is 23.4. The van der Waals surface area contributed by atoms with E-state index in [-0.39, 0.29) is 0 Å². The van der Waals surface area contributed by atoms with E-state index in [9.17, 15) is 5.11 Å². The molecule has 5 aliphatic heterocycles. The quantitative estimate of drug-likeness (QED) is 0.417. The Labute approximate surface area is 221 Å². The summed E-state index contributed by atoms with van der Waals surface area (Å²) in [6.07, 6.45) is 11.9. The van der Waals surface area contributed by atoms with Crippen LogP contribution in [0.1, 0.15) is 81.1 Å². The molecule has 1 unspecified atom stereocenters. The van der Waals surface area contributed by atoms with E-state index in [0.29, 0.717) is 11.5 Å². The van der Waals surface area contributed by atoms with Gasteiger partial charge in [-0.05, 0) is 111 Å². The van der Waals surface area contributed by atoms with Gasteiger partial charge in [0.15, 0.2) is 0 Å². The minimum atomic E-state index is -0.515. The van der Waals surface area contributed by atoms with Crippen molar-refractivity contribution in [3.63, 3.8) is 0 Å². The Morgan fingerprint density at radius 3 is 1.49 bits per heavy atom. The Morgan fingerprint density at radius 1 is 0.676 bits per heavy atom. The Morgan fingerprint density at radius 2 is 1.08 bits per heavy atom. The van der Waals surface area contributed by atoms with Crippen LogP contribution >= 0.6 is 0 Å². The molecular formula is C32H38N4O. The first kappa shape index (κ1) is 25.2. The Balaban J connectivity index is 1.81. The van der Waals surface area contributed by atoms with Crippen LogP contribution in [0.25, 0.3) is 0 Å². The number of hydrogen-bond donors (Lipinski definition) is 2.